The second-order valence-electron chi connectivity index (χ2n) is 4.17. The number of aromatic nitrogens is 1. The molecule has 1 atom stereocenters. The molecule has 2 heterocycles. The number of hydrogen-bond donors (Lipinski definition) is 0. The topological polar surface area (TPSA) is 16.1 Å². The Bertz CT molecular complexity index is 309. The van der Waals surface area contributed by atoms with E-state index >= 15 is 0 Å². The number of aryl methyl sites for hydroxylation is 1. The van der Waals surface area contributed by atoms with Gasteiger partial charge in [0.1, 0.15) is 0 Å². The summed E-state index contributed by atoms with van der Waals surface area (Å²) in [6.07, 6.45) is 5.85. The quantitative estimate of drug-likeness (QED) is 0.676. The molecule has 0 aromatic carbocycles. The van der Waals surface area contributed by atoms with E-state index in [2.05, 4.69) is 29.9 Å². The van der Waals surface area contributed by atoms with Crippen LogP contribution in [-0.2, 0) is 0 Å². The molecule has 0 spiro atoms. The molecule has 2 nitrogen and oxygen atoms in total. The Labute approximate surface area is 86.0 Å². The van der Waals surface area contributed by atoms with Crippen molar-refractivity contribution in [1.29, 1.82) is 0 Å². The van der Waals surface area contributed by atoms with Crippen molar-refractivity contribution >= 4 is 0 Å². The van der Waals surface area contributed by atoms with Crippen LogP contribution in [0.5, 0.6) is 0 Å². The molecule has 2 rings (SSSR count). The molecule has 1 fully saturated rings. The maximum absolute atomic E-state index is 4.36. The first-order chi connectivity index (χ1) is 6.79. The molecule has 0 bridgehead atoms. The van der Waals surface area contributed by atoms with Crippen LogP contribution in [0, 0.1) is 6.92 Å². The fourth-order valence-corrected chi connectivity index (χ4v) is 2.32. The molecule has 0 amide bonds. The van der Waals surface area contributed by atoms with Gasteiger partial charge in [-0.25, -0.2) is 0 Å². The van der Waals surface area contributed by atoms with Gasteiger partial charge in [-0.2, -0.15) is 0 Å². The summed E-state index contributed by atoms with van der Waals surface area (Å²) in [5, 5.41) is 0. The summed E-state index contributed by atoms with van der Waals surface area (Å²) in [5.41, 5.74) is 2.60. The summed E-state index contributed by atoms with van der Waals surface area (Å²) in [6, 6.07) is 4.86. The number of pyridine rings is 1. The molecule has 2 heteroatoms. The minimum Gasteiger partial charge on any atom is -0.299 e. The zero-order valence-corrected chi connectivity index (χ0v) is 9.03. The molecular formula is C12H18N2. The standard InChI is InChI=1S/C12H18N2/c1-10-11(6-5-8-13-10)12-7-3-4-9-14(12)2/h5-6,8,12H,3-4,7,9H2,1-2H3. The smallest absolute Gasteiger partial charge is 0.0420 e. The van der Waals surface area contributed by atoms with E-state index in [1.165, 1.54) is 37.1 Å². The van der Waals surface area contributed by atoms with Gasteiger partial charge < -0.3 is 0 Å². The first-order valence-electron chi connectivity index (χ1n) is 5.41. The predicted octanol–water partition coefficient (Wildman–Crippen LogP) is 2.55. The van der Waals surface area contributed by atoms with E-state index in [9.17, 15) is 0 Å². The normalized spacial score (nSPS) is 23.7. The molecule has 0 N–H and O–H groups in total. The monoisotopic (exact) mass is 190 g/mol. The van der Waals surface area contributed by atoms with Crippen molar-refractivity contribution in [2.75, 3.05) is 13.6 Å². The van der Waals surface area contributed by atoms with E-state index in [0.717, 1.165) is 0 Å². The van der Waals surface area contributed by atoms with Gasteiger partial charge >= 0.3 is 0 Å². The number of nitrogens with zero attached hydrogens (tertiary/aromatic N) is 2. The summed E-state index contributed by atoms with van der Waals surface area (Å²) in [5.74, 6) is 0. The molecule has 0 aliphatic carbocycles. The Morgan fingerprint density at radius 1 is 1.43 bits per heavy atom. The zero-order chi connectivity index (χ0) is 9.97. The molecule has 1 aliphatic heterocycles. The van der Waals surface area contributed by atoms with Crippen LogP contribution in [0.3, 0.4) is 0 Å². The average Bonchev–Trinajstić information content (AvgIpc) is 2.20. The Morgan fingerprint density at radius 2 is 2.29 bits per heavy atom. The molecule has 1 unspecified atom stereocenters. The van der Waals surface area contributed by atoms with E-state index < -0.39 is 0 Å². The highest BCUT2D eigenvalue weighted by atomic mass is 15.1. The van der Waals surface area contributed by atoms with Gasteiger partial charge in [0.15, 0.2) is 0 Å². The van der Waals surface area contributed by atoms with Crippen LogP contribution >= 0.6 is 0 Å². The molecule has 1 saturated heterocycles. The lowest BCUT2D eigenvalue weighted by molar-refractivity contribution is 0.186. The Kier molecular flexibility index (Phi) is 2.82. The SMILES string of the molecule is Cc1ncccc1C1CCCCN1C. The highest BCUT2D eigenvalue weighted by Crippen LogP contribution is 2.30. The first kappa shape index (κ1) is 9.66. The molecule has 0 radical (unpaired) electrons. The Morgan fingerprint density at radius 3 is 3.00 bits per heavy atom. The summed E-state index contributed by atoms with van der Waals surface area (Å²) >= 11 is 0. The number of hydrogen-bond acceptors (Lipinski definition) is 2. The van der Waals surface area contributed by atoms with Gasteiger partial charge in [-0.3, -0.25) is 9.88 Å². The van der Waals surface area contributed by atoms with Crippen LogP contribution in [0.4, 0.5) is 0 Å². The third-order valence-electron chi connectivity index (χ3n) is 3.18. The third kappa shape index (κ3) is 1.80. The van der Waals surface area contributed by atoms with Crippen molar-refractivity contribution in [3.05, 3.63) is 29.6 Å². The molecule has 0 saturated carbocycles. The fourth-order valence-electron chi connectivity index (χ4n) is 2.32. The zero-order valence-electron chi connectivity index (χ0n) is 9.03. The van der Waals surface area contributed by atoms with Crippen LogP contribution in [0.25, 0.3) is 0 Å². The number of rotatable bonds is 1. The second kappa shape index (κ2) is 4.09. The van der Waals surface area contributed by atoms with Crippen molar-refractivity contribution in [3.63, 3.8) is 0 Å². The van der Waals surface area contributed by atoms with Gasteiger partial charge in [-0.1, -0.05) is 12.5 Å². The highest BCUT2D eigenvalue weighted by Gasteiger charge is 2.21. The minimum absolute atomic E-state index is 0.595. The second-order valence-corrected chi connectivity index (χ2v) is 4.17. The maximum Gasteiger partial charge on any atom is 0.0420 e. The highest BCUT2D eigenvalue weighted by molar-refractivity contribution is 5.22. The van der Waals surface area contributed by atoms with Crippen LogP contribution in [0.2, 0.25) is 0 Å². The summed E-state index contributed by atoms with van der Waals surface area (Å²) < 4.78 is 0. The van der Waals surface area contributed by atoms with Gasteiger partial charge in [-0.05, 0) is 45.0 Å². The van der Waals surface area contributed by atoms with Gasteiger partial charge in [-0.15, -0.1) is 0 Å². The van der Waals surface area contributed by atoms with E-state index in [1.807, 2.05) is 12.3 Å². The van der Waals surface area contributed by atoms with Crippen LogP contribution in [-0.4, -0.2) is 23.5 Å². The Balaban J connectivity index is 2.25. The lowest BCUT2D eigenvalue weighted by Gasteiger charge is -2.33. The number of likely N-dealkylation sites (tertiary alicyclic amines) is 1. The van der Waals surface area contributed by atoms with Gasteiger partial charge in [0.05, 0.1) is 0 Å². The van der Waals surface area contributed by atoms with Gasteiger partial charge in [0.25, 0.3) is 0 Å². The van der Waals surface area contributed by atoms with Crippen molar-refractivity contribution in [2.24, 2.45) is 0 Å². The van der Waals surface area contributed by atoms with Crippen molar-refractivity contribution < 1.29 is 0 Å². The maximum atomic E-state index is 4.36. The molecular weight excluding hydrogens is 172 g/mol. The molecule has 14 heavy (non-hydrogen) atoms. The largest absolute Gasteiger partial charge is 0.299 e. The van der Waals surface area contributed by atoms with Gasteiger partial charge in [0.2, 0.25) is 0 Å². The van der Waals surface area contributed by atoms with Crippen molar-refractivity contribution in [3.8, 4) is 0 Å². The predicted molar refractivity (Wildman–Crippen MR) is 58.2 cm³/mol. The summed E-state index contributed by atoms with van der Waals surface area (Å²) in [7, 11) is 2.22. The van der Waals surface area contributed by atoms with E-state index in [0.29, 0.717) is 6.04 Å². The fraction of sp³-hybridized carbons (Fsp3) is 0.583. The van der Waals surface area contributed by atoms with E-state index in [-0.39, 0.29) is 0 Å². The lowest BCUT2D eigenvalue weighted by atomic mass is 9.95. The Hall–Kier alpha value is -0.890. The molecule has 1 aliphatic rings. The van der Waals surface area contributed by atoms with Crippen LogP contribution < -0.4 is 0 Å². The van der Waals surface area contributed by atoms with Gasteiger partial charge in [0, 0.05) is 17.9 Å². The lowest BCUT2D eigenvalue weighted by Crippen LogP contribution is -2.30. The average molecular weight is 190 g/mol. The molecule has 1 aromatic heterocycles. The minimum atomic E-state index is 0.595. The van der Waals surface area contributed by atoms with Crippen molar-refractivity contribution in [2.45, 2.75) is 32.2 Å². The summed E-state index contributed by atoms with van der Waals surface area (Å²) in [6.45, 7) is 3.33. The van der Waals surface area contributed by atoms with Crippen LogP contribution in [0.1, 0.15) is 36.6 Å². The van der Waals surface area contributed by atoms with E-state index in [4.69, 9.17) is 0 Å². The van der Waals surface area contributed by atoms with E-state index in [1.54, 1.807) is 0 Å². The first-order valence-corrected chi connectivity index (χ1v) is 5.41. The van der Waals surface area contributed by atoms with Crippen molar-refractivity contribution in [1.82, 2.24) is 9.88 Å². The molecule has 1 aromatic rings. The molecule has 76 valence electrons. The number of piperidine rings is 1. The summed E-state index contributed by atoms with van der Waals surface area (Å²) in [4.78, 5) is 6.81. The van der Waals surface area contributed by atoms with Crippen LogP contribution in [0.15, 0.2) is 18.3 Å². The third-order valence-corrected chi connectivity index (χ3v) is 3.18.